The lowest BCUT2D eigenvalue weighted by Gasteiger charge is -2.34. The fraction of sp³-hybridized carbons (Fsp3) is 0.778. The molecule has 0 aromatic rings. The second kappa shape index (κ2) is 20.7. The zero-order valence-electron chi connectivity index (χ0n) is 22.0. The molecular formula is C27H49NO6. The van der Waals surface area contributed by atoms with Crippen LogP contribution in [0.1, 0.15) is 84.0 Å². The molecule has 7 heteroatoms. The van der Waals surface area contributed by atoms with E-state index >= 15 is 0 Å². The van der Waals surface area contributed by atoms with E-state index in [0.29, 0.717) is 6.42 Å². The monoisotopic (exact) mass is 483 g/mol. The van der Waals surface area contributed by atoms with Gasteiger partial charge in [0, 0.05) is 12.8 Å². The molecule has 0 aliphatic rings. The van der Waals surface area contributed by atoms with Crippen LogP contribution in [0.25, 0.3) is 0 Å². The summed E-state index contributed by atoms with van der Waals surface area (Å²) in [5, 5.41) is 21.1. The summed E-state index contributed by atoms with van der Waals surface area (Å²) in [4.78, 5) is 23.0. The maximum atomic E-state index is 11.8. The predicted molar refractivity (Wildman–Crippen MR) is 134 cm³/mol. The summed E-state index contributed by atoms with van der Waals surface area (Å²) in [6, 6.07) is -0.686. The van der Waals surface area contributed by atoms with Crippen LogP contribution in [0.5, 0.6) is 0 Å². The zero-order chi connectivity index (χ0) is 25.7. The number of carboxylic acids is 1. The number of aliphatic hydroxyl groups is 1. The SMILES string of the molecule is CCCC/C=C\C/C=C\CCCCCCCC(=O)OCC(O)COCCC(C(=O)[O-])[N+](C)(C)C. The molecule has 7 nitrogen and oxygen atoms in total. The van der Waals surface area contributed by atoms with E-state index < -0.39 is 18.1 Å². The van der Waals surface area contributed by atoms with E-state index in [4.69, 9.17) is 9.47 Å². The minimum Gasteiger partial charge on any atom is -0.544 e. The van der Waals surface area contributed by atoms with E-state index in [1.54, 1.807) is 21.1 Å². The van der Waals surface area contributed by atoms with Gasteiger partial charge in [0.05, 0.1) is 40.3 Å². The van der Waals surface area contributed by atoms with Gasteiger partial charge in [0.15, 0.2) is 0 Å². The number of likely N-dealkylation sites (N-methyl/N-ethyl adjacent to an activating group) is 1. The topological polar surface area (TPSA) is 95.9 Å². The van der Waals surface area contributed by atoms with E-state index in [0.717, 1.165) is 38.5 Å². The summed E-state index contributed by atoms with van der Waals surface area (Å²) < 4.78 is 10.7. The van der Waals surface area contributed by atoms with Crippen LogP contribution in [0.4, 0.5) is 0 Å². The van der Waals surface area contributed by atoms with Gasteiger partial charge in [-0.2, -0.15) is 0 Å². The van der Waals surface area contributed by atoms with Crippen LogP contribution in [0, 0.1) is 0 Å². The van der Waals surface area contributed by atoms with Crippen molar-refractivity contribution in [2.24, 2.45) is 0 Å². The van der Waals surface area contributed by atoms with Gasteiger partial charge in [0.2, 0.25) is 0 Å². The quantitative estimate of drug-likeness (QED) is 0.110. The van der Waals surface area contributed by atoms with Gasteiger partial charge in [0.1, 0.15) is 18.8 Å². The molecule has 34 heavy (non-hydrogen) atoms. The number of hydrogen-bond acceptors (Lipinski definition) is 6. The Labute approximate surface area is 207 Å². The number of unbranched alkanes of at least 4 members (excludes halogenated alkanes) is 7. The molecule has 198 valence electrons. The van der Waals surface area contributed by atoms with E-state index in [2.05, 4.69) is 31.2 Å². The van der Waals surface area contributed by atoms with Crippen molar-refractivity contribution in [3.05, 3.63) is 24.3 Å². The van der Waals surface area contributed by atoms with Gasteiger partial charge in [0.25, 0.3) is 0 Å². The second-order valence-electron chi connectivity index (χ2n) is 9.78. The highest BCUT2D eigenvalue weighted by atomic mass is 16.5. The molecule has 0 aliphatic carbocycles. The van der Waals surface area contributed by atoms with E-state index in [-0.39, 0.29) is 36.7 Å². The summed E-state index contributed by atoms with van der Waals surface area (Å²) in [7, 11) is 5.34. The molecule has 0 saturated carbocycles. The minimum atomic E-state index is -1.12. The van der Waals surface area contributed by atoms with Crippen molar-refractivity contribution in [3.63, 3.8) is 0 Å². The van der Waals surface area contributed by atoms with Crippen LogP contribution in [0.2, 0.25) is 0 Å². The highest BCUT2D eigenvalue weighted by molar-refractivity contribution is 5.69. The van der Waals surface area contributed by atoms with Crippen molar-refractivity contribution in [2.45, 2.75) is 96.1 Å². The molecule has 0 rings (SSSR count). The molecule has 0 spiro atoms. The average Bonchev–Trinajstić information content (AvgIpc) is 2.76. The molecule has 0 radical (unpaired) electrons. The maximum absolute atomic E-state index is 11.8. The van der Waals surface area contributed by atoms with Crippen molar-refractivity contribution in [2.75, 3.05) is 41.0 Å². The largest absolute Gasteiger partial charge is 0.544 e. The van der Waals surface area contributed by atoms with Crippen LogP contribution in [-0.4, -0.2) is 74.6 Å². The lowest BCUT2D eigenvalue weighted by Crippen LogP contribution is -2.55. The molecule has 0 aliphatic heterocycles. The Balaban J connectivity index is 3.63. The second-order valence-corrected chi connectivity index (χ2v) is 9.78. The number of nitrogens with zero attached hydrogens (tertiary/aromatic N) is 1. The predicted octanol–water partition coefficient (Wildman–Crippen LogP) is 3.55. The van der Waals surface area contributed by atoms with Gasteiger partial charge in [-0.1, -0.05) is 63.3 Å². The number of aliphatic hydroxyl groups excluding tert-OH is 1. The van der Waals surface area contributed by atoms with Crippen molar-refractivity contribution in [3.8, 4) is 0 Å². The van der Waals surface area contributed by atoms with Crippen LogP contribution in [0.15, 0.2) is 24.3 Å². The van der Waals surface area contributed by atoms with Crippen molar-refractivity contribution in [1.82, 2.24) is 0 Å². The lowest BCUT2D eigenvalue weighted by molar-refractivity contribution is -0.889. The summed E-state index contributed by atoms with van der Waals surface area (Å²) >= 11 is 0. The van der Waals surface area contributed by atoms with Gasteiger partial charge in [-0.05, 0) is 32.1 Å². The van der Waals surface area contributed by atoms with Gasteiger partial charge >= 0.3 is 5.97 Å². The number of ether oxygens (including phenoxy) is 2. The maximum Gasteiger partial charge on any atom is 0.305 e. The summed E-state index contributed by atoms with van der Waals surface area (Å²) in [6.07, 6.45) is 19.7. The first-order valence-electron chi connectivity index (χ1n) is 12.9. The number of esters is 1. The van der Waals surface area contributed by atoms with Gasteiger partial charge in [-0.25, -0.2) is 0 Å². The number of hydrogen-bond donors (Lipinski definition) is 1. The Morgan fingerprint density at radius 3 is 2.15 bits per heavy atom. The minimum absolute atomic E-state index is 0.00617. The lowest BCUT2D eigenvalue weighted by atomic mass is 10.1. The Morgan fingerprint density at radius 2 is 1.53 bits per heavy atom. The molecule has 0 heterocycles. The third-order valence-electron chi connectivity index (χ3n) is 5.57. The number of allylic oxidation sites excluding steroid dienone is 4. The first-order chi connectivity index (χ1) is 16.2. The Morgan fingerprint density at radius 1 is 0.912 bits per heavy atom. The van der Waals surface area contributed by atoms with Crippen LogP contribution in [0.3, 0.4) is 0 Å². The van der Waals surface area contributed by atoms with Crippen LogP contribution < -0.4 is 5.11 Å². The smallest absolute Gasteiger partial charge is 0.305 e. The highest BCUT2D eigenvalue weighted by Gasteiger charge is 2.24. The average molecular weight is 484 g/mol. The van der Waals surface area contributed by atoms with Crippen molar-refractivity contribution >= 4 is 11.9 Å². The Bertz CT molecular complexity index is 582. The molecule has 0 aromatic heterocycles. The number of aliphatic carboxylic acids is 1. The first kappa shape index (κ1) is 32.3. The third kappa shape index (κ3) is 19.7. The Hall–Kier alpha value is -1.70. The summed E-state index contributed by atoms with van der Waals surface area (Å²) in [6.45, 7) is 2.27. The van der Waals surface area contributed by atoms with Crippen molar-refractivity contribution < 1.29 is 33.8 Å². The molecule has 1 N–H and O–H groups in total. The van der Waals surface area contributed by atoms with E-state index in [1.165, 1.54) is 25.7 Å². The van der Waals surface area contributed by atoms with Gasteiger partial charge in [-0.3, -0.25) is 4.79 Å². The van der Waals surface area contributed by atoms with Gasteiger partial charge < -0.3 is 29.0 Å². The van der Waals surface area contributed by atoms with E-state index in [9.17, 15) is 19.8 Å². The zero-order valence-corrected chi connectivity index (χ0v) is 22.0. The fourth-order valence-corrected chi connectivity index (χ4v) is 3.44. The van der Waals surface area contributed by atoms with Crippen LogP contribution >= 0.6 is 0 Å². The first-order valence-corrected chi connectivity index (χ1v) is 12.9. The molecule has 0 fully saturated rings. The number of quaternary nitrogens is 1. The van der Waals surface area contributed by atoms with Gasteiger partial charge in [-0.15, -0.1) is 0 Å². The molecule has 0 aromatic carbocycles. The van der Waals surface area contributed by atoms with Crippen LogP contribution in [-0.2, 0) is 19.1 Å². The molecule has 0 bridgehead atoms. The molecule has 2 atom stereocenters. The van der Waals surface area contributed by atoms with Crippen molar-refractivity contribution in [1.29, 1.82) is 0 Å². The fourth-order valence-electron chi connectivity index (χ4n) is 3.44. The Kier molecular flexibility index (Phi) is 19.6. The summed E-state index contributed by atoms with van der Waals surface area (Å²) in [5.74, 6) is -1.43. The third-order valence-corrected chi connectivity index (χ3v) is 5.57. The molecular weight excluding hydrogens is 434 g/mol. The molecule has 0 saturated heterocycles. The number of carboxylic acid groups (broad SMARTS) is 1. The highest BCUT2D eigenvalue weighted by Crippen LogP contribution is 2.09. The number of carbonyl (C=O) groups is 2. The standard InChI is InChI=1S/C27H49NO6/c1-5-6-7-8-9-10-11-12-13-14-15-16-17-18-19-26(30)34-23-24(29)22-33-21-20-25(27(31)32)28(2,3)4/h8-9,11-12,24-25,29H,5-7,10,13-23H2,1-4H3/b9-8-,12-11-. The summed E-state index contributed by atoms with van der Waals surface area (Å²) in [5.41, 5.74) is 0. The molecule has 2 unspecified atom stereocenters. The number of carbonyl (C=O) groups excluding carboxylic acids is 2. The number of rotatable bonds is 22. The normalized spacial score (nSPS) is 14.0. The molecule has 0 amide bonds. The van der Waals surface area contributed by atoms with E-state index in [1.807, 2.05) is 0 Å².